The van der Waals surface area contributed by atoms with Crippen LogP contribution in [0.1, 0.15) is 6.42 Å². The molecule has 2 N–H and O–H groups in total. The van der Waals surface area contributed by atoms with Crippen LogP contribution in [0.2, 0.25) is 10.0 Å². The van der Waals surface area contributed by atoms with Crippen LogP contribution in [0.15, 0.2) is 6.07 Å². The molecule has 1 fully saturated rings. The third-order valence-corrected chi connectivity index (χ3v) is 4.56. The van der Waals surface area contributed by atoms with Gasteiger partial charge in [0.05, 0.1) is 10.0 Å². The Labute approximate surface area is 116 Å². The first-order valence-electron chi connectivity index (χ1n) is 5.56. The molecular formula is C11H15Cl2N3S. The molecule has 0 bridgehead atoms. The molecule has 1 aliphatic heterocycles. The maximum Gasteiger partial charge on any atom is 0.147 e. The first-order chi connectivity index (χ1) is 8.20. The van der Waals surface area contributed by atoms with E-state index < -0.39 is 0 Å². The van der Waals surface area contributed by atoms with Crippen molar-refractivity contribution in [3.63, 3.8) is 0 Å². The number of pyridine rings is 1. The van der Waals surface area contributed by atoms with E-state index in [1.165, 1.54) is 17.9 Å². The summed E-state index contributed by atoms with van der Waals surface area (Å²) in [6, 6.07) is 1.72. The molecule has 1 aliphatic rings. The fourth-order valence-corrected chi connectivity index (χ4v) is 3.56. The van der Waals surface area contributed by atoms with E-state index in [9.17, 15) is 0 Å². The van der Waals surface area contributed by atoms with E-state index in [0.29, 0.717) is 27.6 Å². The molecule has 1 unspecified atom stereocenters. The first kappa shape index (κ1) is 13.1. The van der Waals surface area contributed by atoms with Crippen molar-refractivity contribution in [3.8, 4) is 0 Å². The van der Waals surface area contributed by atoms with Crippen molar-refractivity contribution in [2.24, 2.45) is 5.92 Å². The second-order valence-corrected chi connectivity index (χ2v) is 5.97. The van der Waals surface area contributed by atoms with Crippen LogP contribution in [0.3, 0.4) is 0 Å². The van der Waals surface area contributed by atoms with E-state index in [4.69, 9.17) is 23.2 Å². The molecule has 6 heteroatoms. The average Bonchev–Trinajstić information content (AvgIpc) is 2.81. The van der Waals surface area contributed by atoms with Gasteiger partial charge in [-0.3, -0.25) is 0 Å². The lowest BCUT2D eigenvalue weighted by atomic mass is 10.1. The minimum absolute atomic E-state index is 0.541. The largest absolute Gasteiger partial charge is 0.372 e. The summed E-state index contributed by atoms with van der Waals surface area (Å²) in [5.74, 6) is 4.55. The van der Waals surface area contributed by atoms with Crippen LogP contribution < -0.4 is 10.6 Å². The number of nitrogens with zero attached hydrogens (tertiary/aromatic N) is 1. The van der Waals surface area contributed by atoms with E-state index in [0.717, 1.165) is 6.54 Å². The van der Waals surface area contributed by atoms with Gasteiger partial charge >= 0.3 is 0 Å². The molecule has 0 radical (unpaired) electrons. The van der Waals surface area contributed by atoms with Crippen LogP contribution in [0, 0.1) is 5.92 Å². The summed E-state index contributed by atoms with van der Waals surface area (Å²) < 4.78 is 0. The zero-order chi connectivity index (χ0) is 12.3. The monoisotopic (exact) mass is 291 g/mol. The number of rotatable bonds is 4. The number of halogens is 2. The topological polar surface area (TPSA) is 37.0 Å². The fraction of sp³-hybridized carbons (Fsp3) is 0.545. The Morgan fingerprint density at radius 1 is 1.41 bits per heavy atom. The van der Waals surface area contributed by atoms with Crippen molar-refractivity contribution in [2.45, 2.75) is 6.42 Å². The molecule has 0 aromatic carbocycles. The highest BCUT2D eigenvalue weighted by atomic mass is 35.5. The molecule has 1 aromatic rings. The molecule has 0 spiro atoms. The molecule has 1 aromatic heterocycles. The number of anilines is 2. The van der Waals surface area contributed by atoms with E-state index in [1.807, 2.05) is 11.8 Å². The standard InChI is InChI=1S/C11H15Cl2N3S/c1-14-10-8(12)4-9(13)11(16-10)15-5-7-2-3-17-6-7/h4,7H,2-3,5-6H2,1H3,(H2,14,15,16). The summed E-state index contributed by atoms with van der Waals surface area (Å²) in [5, 5.41) is 7.36. The number of thioether (sulfide) groups is 1. The van der Waals surface area contributed by atoms with E-state index in [2.05, 4.69) is 15.6 Å². The van der Waals surface area contributed by atoms with E-state index in [-0.39, 0.29) is 0 Å². The third-order valence-electron chi connectivity index (χ3n) is 2.75. The molecule has 2 heterocycles. The molecule has 94 valence electrons. The summed E-state index contributed by atoms with van der Waals surface area (Å²) in [5.41, 5.74) is 0. The quantitative estimate of drug-likeness (QED) is 0.889. The van der Waals surface area contributed by atoms with E-state index in [1.54, 1.807) is 13.1 Å². The van der Waals surface area contributed by atoms with Gasteiger partial charge in [-0.2, -0.15) is 11.8 Å². The van der Waals surface area contributed by atoms with Crippen molar-refractivity contribution < 1.29 is 0 Å². The Balaban J connectivity index is 2.03. The number of aromatic nitrogens is 1. The molecule has 1 atom stereocenters. The lowest BCUT2D eigenvalue weighted by Crippen LogP contribution is -2.14. The SMILES string of the molecule is CNc1nc(NCC2CCSC2)c(Cl)cc1Cl. The highest BCUT2D eigenvalue weighted by Gasteiger charge is 2.16. The Morgan fingerprint density at radius 3 is 2.82 bits per heavy atom. The smallest absolute Gasteiger partial charge is 0.147 e. The predicted octanol–water partition coefficient (Wildman–Crippen LogP) is 3.60. The predicted molar refractivity (Wildman–Crippen MR) is 77.7 cm³/mol. The van der Waals surface area contributed by atoms with Crippen LogP contribution in [0.4, 0.5) is 11.6 Å². The molecular weight excluding hydrogens is 277 g/mol. The maximum atomic E-state index is 6.10. The van der Waals surface area contributed by atoms with Gasteiger partial charge in [-0.05, 0) is 29.9 Å². The fourth-order valence-electron chi connectivity index (χ4n) is 1.75. The van der Waals surface area contributed by atoms with Gasteiger partial charge in [-0.1, -0.05) is 23.2 Å². The summed E-state index contributed by atoms with van der Waals surface area (Å²) >= 11 is 14.1. The minimum atomic E-state index is 0.541. The molecule has 0 amide bonds. The Bertz CT molecular complexity index is 395. The Hall–Kier alpha value is -0.320. The molecule has 0 aliphatic carbocycles. The molecule has 17 heavy (non-hydrogen) atoms. The third kappa shape index (κ3) is 3.33. The summed E-state index contributed by atoms with van der Waals surface area (Å²) in [6.45, 7) is 0.921. The highest BCUT2D eigenvalue weighted by molar-refractivity contribution is 7.99. The van der Waals surface area contributed by atoms with Crippen LogP contribution in [0.5, 0.6) is 0 Å². The van der Waals surface area contributed by atoms with Crippen molar-refractivity contribution in [1.29, 1.82) is 0 Å². The number of hydrogen-bond acceptors (Lipinski definition) is 4. The van der Waals surface area contributed by atoms with Gasteiger partial charge in [0.2, 0.25) is 0 Å². The molecule has 0 saturated carbocycles. The minimum Gasteiger partial charge on any atom is -0.372 e. The molecule has 3 nitrogen and oxygen atoms in total. The van der Waals surface area contributed by atoms with Gasteiger partial charge in [0.15, 0.2) is 0 Å². The Kier molecular flexibility index (Phi) is 4.65. The van der Waals surface area contributed by atoms with Gasteiger partial charge in [-0.25, -0.2) is 4.98 Å². The normalized spacial score (nSPS) is 19.4. The van der Waals surface area contributed by atoms with Crippen molar-refractivity contribution in [3.05, 3.63) is 16.1 Å². The lowest BCUT2D eigenvalue weighted by Gasteiger charge is -2.13. The number of hydrogen-bond donors (Lipinski definition) is 2. The van der Waals surface area contributed by atoms with Crippen molar-refractivity contribution >= 4 is 46.6 Å². The second-order valence-electron chi connectivity index (χ2n) is 4.01. The van der Waals surface area contributed by atoms with E-state index >= 15 is 0 Å². The lowest BCUT2D eigenvalue weighted by molar-refractivity contribution is 0.630. The van der Waals surface area contributed by atoms with Gasteiger partial charge in [-0.15, -0.1) is 0 Å². The van der Waals surface area contributed by atoms with Crippen LogP contribution in [0.25, 0.3) is 0 Å². The van der Waals surface area contributed by atoms with Gasteiger partial charge in [0.1, 0.15) is 11.6 Å². The number of nitrogens with one attached hydrogen (secondary N) is 2. The Morgan fingerprint density at radius 2 is 2.18 bits per heavy atom. The van der Waals surface area contributed by atoms with Gasteiger partial charge < -0.3 is 10.6 Å². The van der Waals surface area contributed by atoms with Crippen molar-refractivity contribution in [2.75, 3.05) is 35.7 Å². The maximum absolute atomic E-state index is 6.10. The van der Waals surface area contributed by atoms with Crippen LogP contribution >= 0.6 is 35.0 Å². The molecule has 1 saturated heterocycles. The summed E-state index contributed by atoms with van der Waals surface area (Å²) in [4.78, 5) is 4.36. The zero-order valence-corrected chi connectivity index (χ0v) is 11.9. The van der Waals surface area contributed by atoms with Gasteiger partial charge in [0.25, 0.3) is 0 Å². The summed E-state index contributed by atoms with van der Waals surface area (Å²) in [7, 11) is 1.79. The summed E-state index contributed by atoms with van der Waals surface area (Å²) in [6.07, 6.45) is 1.27. The average molecular weight is 292 g/mol. The second kappa shape index (κ2) is 6.03. The highest BCUT2D eigenvalue weighted by Crippen LogP contribution is 2.30. The first-order valence-corrected chi connectivity index (χ1v) is 7.47. The van der Waals surface area contributed by atoms with Crippen LogP contribution in [-0.4, -0.2) is 30.1 Å². The van der Waals surface area contributed by atoms with Crippen molar-refractivity contribution in [1.82, 2.24) is 4.98 Å². The zero-order valence-electron chi connectivity index (χ0n) is 9.59. The molecule has 2 rings (SSSR count). The van der Waals surface area contributed by atoms with Crippen LogP contribution in [-0.2, 0) is 0 Å². The van der Waals surface area contributed by atoms with Gasteiger partial charge in [0, 0.05) is 13.6 Å².